The minimum Gasteiger partial charge on any atom is -0.482 e. The lowest BCUT2D eigenvalue weighted by Gasteiger charge is -2.40. The van der Waals surface area contributed by atoms with Crippen molar-refractivity contribution < 1.29 is 9.53 Å². The molecule has 1 aliphatic heterocycles. The minimum atomic E-state index is -0.196. The van der Waals surface area contributed by atoms with E-state index >= 15 is 0 Å². The fraction of sp³-hybridized carbons (Fsp3) is 0.321. The molecule has 1 unspecified atom stereocenters. The highest BCUT2D eigenvalue weighted by Crippen LogP contribution is 2.28. The van der Waals surface area contributed by atoms with Gasteiger partial charge in [0.2, 0.25) is 0 Å². The van der Waals surface area contributed by atoms with Crippen LogP contribution in [0.3, 0.4) is 0 Å². The monoisotopic (exact) mass is 526 g/mol. The van der Waals surface area contributed by atoms with Crippen LogP contribution in [0.2, 0.25) is 10.0 Å². The molecule has 36 heavy (non-hydrogen) atoms. The van der Waals surface area contributed by atoms with E-state index < -0.39 is 0 Å². The van der Waals surface area contributed by atoms with Crippen LogP contribution >= 0.6 is 23.2 Å². The third-order valence-corrected chi connectivity index (χ3v) is 6.95. The number of halogens is 2. The Bertz CT molecular complexity index is 1130. The van der Waals surface area contributed by atoms with E-state index in [1.54, 1.807) is 18.2 Å². The average Bonchev–Trinajstić information content (AvgIpc) is 2.89. The van der Waals surface area contributed by atoms with Crippen molar-refractivity contribution in [1.82, 2.24) is 10.2 Å². The molecule has 0 spiro atoms. The zero-order valence-corrected chi connectivity index (χ0v) is 22.2. The lowest BCUT2D eigenvalue weighted by Crippen LogP contribution is -2.50. The molecule has 1 saturated heterocycles. The smallest absolute Gasteiger partial charge is 0.258 e. The van der Waals surface area contributed by atoms with Crippen molar-refractivity contribution in [1.29, 1.82) is 0 Å². The number of nitrogens with one attached hydrogen (secondary N) is 1. The first-order valence-corrected chi connectivity index (χ1v) is 12.8. The van der Waals surface area contributed by atoms with Gasteiger partial charge in [-0.25, -0.2) is 0 Å². The number of nitrogens with zero attached hydrogens (tertiary/aromatic N) is 3. The number of carbonyl (C=O) groups excluding carboxylic acids is 1. The molecule has 6 nitrogen and oxygen atoms in total. The maximum Gasteiger partial charge on any atom is 0.258 e. The van der Waals surface area contributed by atoms with Crippen molar-refractivity contribution >= 4 is 40.5 Å². The second-order valence-corrected chi connectivity index (χ2v) is 9.87. The summed E-state index contributed by atoms with van der Waals surface area (Å²) in [5, 5.41) is 3.96. The molecule has 1 atom stereocenters. The summed E-state index contributed by atoms with van der Waals surface area (Å²) in [5.41, 5.74) is 3.56. The summed E-state index contributed by atoms with van der Waals surface area (Å²) in [6.07, 6.45) is 0. The van der Waals surface area contributed by atoms with E-state index in [0.717, 1.165) is 31.9 Å². The van der Waals surface area contributed by atoms with E-state index in [1.165, 1.54) is 11.3 Å². The number of piperazine rings is 1. The van der Waals surface area contributed by atoms with Crippen molar-refractivity contribution in [2.75, 3.05) is 63.2 Å². The number of para-hydroxylation sites is 1. The molecular weight excluding hydrogens is 495 g/mol. The van der Waals surface area contributed by atoms with Crippen LogP contribution in [0.1, 0.15) is 11.6 Å². The predicted molar refractivity (Wildman–Crippen MR) is 149 cm³/mol. The highest BCUT2D eigenvalue weighted by atomic mass is 35.5. The summed E-state index contributed by atoms with van der Waals surface area (Å²) in [4.78, 5) is 19.6. The van der Waals surface area contributed by atoms with E-state index in [2.05, 4.69) is 68.5 Å². The van der Waals surface area contributed by atoms with Crippen LogP contribution in [0, 0.1) is 0 Å². The summed E-state index contributed by atoms with van der Waals surface area (Å²) >= 11 is 12.1. The Kier molecular flexibility index (Phi) is 8.97. The zero-order valence-electron chi connectivity index (χ0n) is 20.7. The summed E-state index contributed by atoms with van der Waals surface area (Å²) in [5.74, 6) is 0.239. The Labute approximate surface area is 223 Å². The van der Waals surface area contributed by atoms with Crippen LogP contribution in [0.25, 0.3) is 0 Å². The van der Waals surface area contributed by atoms with Gasteiger partial charge in [-0.3, -0.25) is 9.69 Å². The third-order valence-electron chi connectivity index (χ3n) is 6.42. The van der Waals surface area contributed by atoms with Crippen LogP contribution in [0.5, 0.6) is 5.75 Å². The molecule has 3 aromatic rings. The number of benzene rings is 3. The summed E-state index contributed by atoms with van der Waals surface area (Å²) in [6, 6.07) is 24.0. The van der Waals surface area contributed by atoms with Crippen LogP contribution in [-0.4, -0.2) is 64.2 Å². The molecule has 1 amide bonds. The quantitative estimate of drug-likeness (QED) is 0.419. The SMILES string of the molecule is CN(C)c1ccc(C(CNC(=O)COc2ccc(Cl)cc2Cl)N2CCN(c3ccccc3)CC2)cc1. The van der Waals surface area contributed by atoms with Gasteiger partial charge < -0.3 is 19.9 Å². The average molecular weight is 527 g/mol. The molecule has 0 aliphatic carbocycles. The number of carbonyl (C=O) groups is 1. The van der Waals surface area contributed by atoms with E-state index in [-0.39, 0.29) is 18.6 Å². The van der Waals surface area contributed by atoms with Gasteiger partial charge in [0, 0.05) is 63.2 Å². The number of hydrogen-bond donors (Lipinski definition) is 1. The molecule has 0 saturated carbocycles. The zero-order chi connectivity index (χ0) is 25.5. The number of amides is 1. The van der Waals surface area contributed by atoms with E-state index in [9.17, 15) is 4.79 Å². The maximum atomic E-state index is 12.7. The van der Waals surface area contributed by atoms with Crippen LogP contribution < -0.4 is 19.9 Å². The van der Waals surface area contributed by atoms with Gasteiger partial charge in [0.15, 0.2) is 6.61 Å². The Balaban J connectivity index is 1.40. The number of ether oxygens (including phenoxy) is 1. The van der Waals surface area contributed by atoms with Crippen molar-refractivity contribution in [2.24, 2.45) is 0 Å². The first-order valence-electron chi connectivity index (χ1n) is 12.1. The lowest BCUT2D eigenvalue weighted by atomic mass is 10.0. The van der Waals surface area contributed by atoms with Crippen LogP contribution in [0.15, 0.2) is 72.8 Å². The molecule has 4 rings (SSSR count). The van der Waals surface area contributed by atoms with E-state index in [0.29, 0.717) is 22.3 Å². The summed E-state index contributed by atoms with van der Waals surface area (Å²) in [7, 11) is 4.06. The van der Waals surface area contributed by atoms with Crippen molar-refractivity contribution in [3.05, 3.63) is 88.4 Å². The molecule has 190 valence electrons. The standard InChI is InChI=1S/C28H32Cl2N4O2/c1-32(2)23-11-8-21(9-12-23)26(34-16-14-33(15-17-34)24-6-4-3-5-7-24)19-31-28(35)20-36-27-13-10-22(29)18-25(27)30/h3-13,18,26H,14-17,19-20H2,1-2H3,(H,31,35). The van der Waals surface area contributed by atoms with Crippen LogP contribution in [-0.2, 0) is 4.79 Å². The minimum absolute atomic E-state index is 0.0576. The number of anilines is 2. The molecule has 0 aromatic heterocycles. The summed E-state index contributed by atoms with van der Waals surface area (Å²) in [6.45, 7) is 4.05. The lowest BCUT2D eigenvalue weighted by molar-refractivity contribution is -0.123. The van der Waals surface area contributed by atoms with Gasteiger partial charge in [0.25, 0.3) is 5.91 Å². The van der Waals surface area contributed by atoms with Gasteiger partial charge in [0.05, 0.1) is 11.1 Å². The van der Waals surface area contributed by atoms with Gasteiger partial charge in [-0.15, -0.1) is 0 Å². The normalized spacial score (nSPS) is 14.8. The molecule has 1 aliphatic rings. The Morgan fingerprint density at radius 2 is 1.67 bits per heavy atom. The molecule has 1 N–H and O–H groups in total. The second-order valence-electron chi connectivity index (χ2n) is 9.03. The van der Waals surface area contributed by atoms with Crippen molar-refractivity contribution in [2.45, 2.75) is 6.04 Å². The molecule has 8 heteroatoms. The third kappa shape index (κ3) is 6.84. The number of hydrogen-bond acceptors (Lipinski definition) is 5. The largest absolute Gasteiger partial charge is 0.482 e. The predicted octanol–water partition coefficient (Wildman–Crippen LogP) is 5.12. The van der Waals surface area contributed by atoms with E-state index in [4.69, 9.17) is 27.9 Å². The van der Waals surface area contributed by atoms with Gasteiger partial charge >= 0.3 is 0 Å². The molecule has 0 bridgehead atoms. The Hall–Kier alpha value is -2.93. The molecule has 0 radical (unpaired) electrons. The molecule has 1 heterocycles. The molecule has 1 fully saturated rings. The maximum absolute atomic E-state index is 12.7. The van der Waals surface area contributed by atoms with Crippen molar-refractivity contribution in [3.63, 3.8) is 0 Å². The summed E-state index contributed by atoms with van der Waals surface area (Å²) < 4.78 is 5.61. The number of rotatable bonds is 9. The highest BCUT2D eigenvalue weighted by molar-refractivity contribution is 6.35. The van der Waals surface area contributed by atoms with Crippen molar-refractivity contribution in [3.8, 4) is 5.75 Å². The second kappa shape index (κ2) is 12.3. The first kappa shape index (κ1) is 26.1. The van der Waals surface area contributed by atoms with E-state index in [1.807, 2.05) is 20.2 Å². The van der Waals surface area contributed by atoms with Gasteiger partial charge in [-0.2, -0.15) is 0 Å². The first-order chi connectivity index (χ1) is 17.4. The molecular formula is C28H32Cl2N4O2. The van der Waals surface area contributed by atoms with Gasteiger partial charge in [-0.1, -0.05) is 53.5 Å². The highest BCUT2D eigenvalue weighted by Gasteiger charge is 2.26. The van der Waals surface area contributed by atoms with Gasteiger partial charge in [-0.05, 0) is 48.0 Å². The van der Waals surface area contributed by atoms with Crippen LogP contribution in [0.4, 0.5) is 11.4 Å². The fourth-order valence-electron chi connectivity index (χ4n) is 4.38. The fourth-order valence-corrected chi connectivity index (χ4v) is 4.84. The Morgan fingerprint density at radius 1 is 0.972 bits per heavy atom. The molecule has 3 aromatic carbocycles. The topological polar surface area (TPSA) is 48.1 Å². The Morgan fingerprint density at radius 3 is 2.31 bits per heavy atom. The van der Waals surface area contributed by atoms with Gasteiger partial charge in [0.1, 0.15) is 5.75 Å².